The van der Waals surface area contributed by atoms with Gasteiger partial charge in [-0.2, -0.15) is 0 Å². The van der Waals surface area contributed by atoms with Crippen LogP contribution >= 0.6 is 0 Å². The van der Waals surface area contributed by atoms with Crippen LogP contribution in [0.2, 0.25) is 0 Å². The molecule has 0 amide bonds. The molecule has 0 bridgehead atoms. The molecule has 0 fully saturated rings. The number of fused-ring (bicyclic) bond motifs is 2. The van der Waals surface area contributed by atoms with Crippen LogP contribution in [-0.2, 0) is 13.1 Å². The Bertz CT molecular complexity index is 346. The zero-order chi connectivity index (χ0) is 9.54. The number of hydrogen-bond acceptors (Lipinski definition) is 4. The number of ether oxygens (including phenoxy) is 2. The summed E-state index contributed by atoms with van der Waals surface area (Å²) in [4.78, 5) is 2.18. The first-order valence-electron chi connectivity index (χ1n) is 4.70. The third-order valence-electron chi connectivity index (χ3n) is 2.74. The maximum Gasteiger partial charge on any atom is 0.231 e. The fourth-order valence-electron chi connectivity index (χ4n) is 1.99. The van der Waals surface area contributed by atoms with Crippen molar-refractivity contribution in [2.45, 2.75) is 13.1 Å². The molecule has 0 aromatic heterocycles. The van der Waals surface area contributed by atoms with Gasteiger partial charge < -0.3 is 15.2 Å². The van der Waals surface area contributed by atoms with Gasteiger partial charge in [0.2, 0.25) is 6.79 Å². The van der Waals surface area contributed by atoms with Gasteiger partial charge in [-0.05, 0) is 23.3 Å². The molecule has 0 saturated carbocycles. The molecule has 1 aromatic rings. The van der Waals surface area contributed by atoms with E-state index in [9.17, 15) is 0 Å². The highest BCUT2D eigenvalue weighted by atomic mass is 16.7. The van der Waals surface area contributed by atoms with Gasteiger partial charge in [0.15, 0.2) is 11.5 Å². The largest absolute Gasteiger partial charge is 0.454 e. The van der Waals surface area contributed by atoms with E-state index in [1.807, 2.05) is 0 Å². The fourth-order valence-corrected chi connectivity index (χ4v) is 1.99. The minimum absolute atomic E-state index is 0.346. The molecule has 0 atom stereocenters. The molecule has 3 rings (SSSR count). The van der Waals surface area contributed by atoms with Crippen LogP contribution in [0.3, 0.4) is 0 Å². The van der Waals surface area contributed by atoms with Crippen LogP contribution < -0.4 is 15.2 Å². The summed E-state index contributed by atoms with van der Waals surface area (Å²) in [6.45, 7) is 2.78. The van der Waals surface area contributed by atoms with E-state index in [4.69, 9.17) is 15.2 Å². The first-order chi connectivity index (χ1) is 6.86. The van der Waals surface area contributed by atoms with Crippen molar-refractivity contribution in [2.24, 2.45) is 5.73 Å². The Morgan fingerprint density at radius 2 is 1.71 bits per heavy atom. The molecule has 4 nitrogen and oxygen atoms in total. The Morgan fingerprint density at radius 3 is 2.21 bits per heavy atom. The lowest BCUT2D eigenvalue weighted by Crippen LogP contribution is -2.23. The molecule has 2 N–H and O–H groups in total. The van der Waals surface area contributed by atoms with Gasteiger partial charge in [-0.3, -0.25) is 4.90 Å². The SMILES string of the molecule is NCN1Cc2cc3c(cc2C1)OCO3. The van der Waals surface area contributed by atoms with Crippen LogP contribution in [0.25, 0.3) is 0 Å². The summed E-state index contributed by atoms with van der Waals surface area (Å²) < 4.78 is 10.6. The summed E-state index contributed by atoms with van der Waals surface area (Å²) in [6.07, 6.45) is 0. The van der Waals surface area contributed by atoms with E-state index in [1.165, 1.54) is 11.1 Å². The molecule has 0 unspecified atom stereocenters. The molecule has 2 aliphatic rings. The summed E-state index contributed by atoms with van der Waals surface area (Å²) >= 11 is 0. The highest BCUT2D eigenvalue weighted by Gasteiger charge is 2.23. The summed E-state index contributed by atoms with van der Waals surface area (Å²) in [5.74, 6) is 1.73. The second-order valence-corrected chi connectivity index (χ2v) is 3.64. The van der Waals surface area contributed by atoms with Gasteiger partial charge >= 0.3 is 0 Å². The average Bonchev–Trinajstić information content (AvgIpc) is 2.77. The van der Waals surface area contributed by atoms with Gasteiger partial charge in [0.25, 0.3) is 0 Å². The van der Waals surface area contributed by atoms with Crippen molar-refractivity contribution in [3.05, 3.63) is 23.3 Å². The third-order valence-corrected chi connectivity index (χ3v) is 2.74. The molecule has 0 saturated heterocycles. The predicted molar refractivity (Wildman–Crippen MR) is 50.9 cm³/mol. The molecular formula is C10H12N2O2. The third kappa shape index (κ3) is 1.08. The van der Waals surface area contributed by atoms with E-state index in [0.29, 0.717) is 13.5 Å². The Balaban J connectivity index is 2.00. The van der Waals surface area contributed by atoms with Crippen molar-refractivity contribution >= 4 is 0 Å². The lowest BCUT2D eigenvalue weighted by atomic mass is 10.1. The summed E-state index contributed by atoms with van der Waals surface area (Å²) in [5, 5.41) is 0. The van der Waals surface area contributed by atoms with Crippen LogP contribution in [-0.4, -0.2) is 18.4 Å². The normalized spacial score (nSPS) is 18.6. The Hall–Kier alpha value is -1.26. The Kier molecular flexibility index (Phi) is 1.65. The fraction of sp³-hybridized carbons (Fsp3) is 0.400. The smallest absolute Gasteiger partial charge is 0.231 e. The van der Waals surface area contributed by atoms with Crippen molar-refractivity contribution < 1.29 is 9.47 Å². The number of nitrogens with two attached hydrogens (primary N) is 1. The molecule has 4 heteroatoms. The summed E-state index contributed by atoms with van der Waals surface area (Å²) in [7, 11) is 0. The van der Waals surface area contributed by atoms with Crippen LogP contribution in [0, 0.1) is 0 Å². The Morgan fingerprint density at radius 1 is 1.14 bits per heavy atom. The van der Waals surface area contributed by atoms with E-state index in [-0.39, 0.29) is 0 Å². The second-order valence-electron chi connectivity index (χ2n) is 3.64. The Labute approximate surface area is 82.2 Å². The van der Waals surface area contributed by atoms with Crippen molar-refractivity contribution in [3.8, 4) is 11.5 Å². The van der Waals surface area contributed by atoms with Crippen molar-refractivity contribution in [1.82, 2.24) is 4.90 Å². The van der Waals surface area contributed by atoms with E-state index in [1.54, 1.807) is 0 Å². The molecular weight excluding hydrogens is 180 g/mol. The number of hydrogen-bond donors (Lipinski definition) is 1. The molecule has 14 heavy (non-hydrogen) atoms. The maximum atomic E-state index is 5.60. The molecule has 74 valence electrons. The van der Waals surface area contributed by atoms with Crippen LogP contribution in [0.4, 0.5) is 0 Å². The van der Waals surface area contributed by atoms with Gasteiger partial charge in [0, 0.05) is 19.8 Å². The van der Waals surface area contributed by atoms with Gasteiger partial charge in [-0.25, -0.2) is 0 Å². The molecule has 0 spiro atoms. The standard InChI is InChI=1S/C10H12N2O2/c11-5-12-3-7-1-9-10(14-6-13-9)2-8(7)4-12/h1-2H,3-6,11H2. The number of benzene rings is 1. The summed E-state index contributed by atoms with van der Waals surface area (Å²) in [5.41, 5.74) is 8.21. The van der Waals surface area contributed by atoms with E-state index in [0.717, 1.165) is 24.6 Å². The van der Waals surface area contributed by atoms with Gasteiger partial charge in [0.1, 0.15) is 0 Å². The molecule has 0 aliphatic carbocycles. The molecule has 1 aromatic carbocycles. The van der Waals surface area contributed by atoms with Gasteiger partial charge in [-0.15, -0.1) is 0 Å². The second kappa shape index (κ2) is 2.87. The van der Waals surface area contributed by atoms with E-state index < -0.39 is 0 Å². The first kappa shape index (κ1) is 8.08. The highest BCUT2D eigenvalue weighted by Crippen LogP contribution is 2.37. The minimum Gasteiger partial charge on any atom is -0.454 e. The lowest BCUT2D eigenvalue weighted by molar-refractivity contribution is 0.173. The minimum atomic E-state index is 0.346. The lowest BCUT2D eigenvalue weighted by Gasteiger charge is -2.09. The van der Waals surface area contributed by atoms with Crippen LogP contribution in [0.1, 0.15) is 11.1 Å². The maximum absolute atomic E-state index is 5.60. The van der Waals surface area contributed by atoms with Crippen LogP contribution in [0.5, 0.6) is 11.5 Å². The average molecular weight is 192 g/mol. The van der Waals surface area contributed by atoms with Gasteiger partial charge in [-0.1, -0.05) is 0 Å². The highest BCUT2D eigenvalue weighted by molar-refractivity contribution is 5.49. The predicted octanol–water partition coefficient (Wildman–Crippen LogP) is 0.647. The molecule has 0 radical (unpaired) electrons. The zero-order valence-electron chi connectivity index (χ0n) is 7.82. The molecule has 2 heterocycles. The summed E-state index contributed by atoms with van der Waals surface area (Å²) in [6, 6.07) is 4.13. The van der Waals surface area contributed by atoms with Crippen molar-refractivity contribution in [3.63, 3.8) is 0 Å². The monoisotopic (exact) mass is 192 g/mol. The van der Waals surface area contributed by atoms with Crippen molar-refractivity contribution in [1.29, 1.82) is 0 Å². The van der Waals surface area contributed by atoms with Crippen LogP contribution in [0.15, 0.2) is 12.1 Å². The van der Waals surface area contributed by atoms with Crippen molar-refractivity contribution in [2.75, 3.05) is 13.5 Å². The topological polar surface area (TPSA) is 47.7 Å². The van der Waals surface area contributed by atoms with Gasteiger partial charge in [0.05, 0.1) is 0 Å². The number of nitrogens with zero attached hydrogens (tertiary/aromatic N) is 1. The zero-order valence-corrected chi connectivity index (χ0v) is 7.82. The number of rotatable bonds is 1. The quantitative estimate of drug-likeness (QED) is 0.709. The first-order valence-corrected chi connectivity index (χ1v) is 4.70. The van der Waals surface area contributed by atoms with E-state index in [2.05, 4.69) is 17.0 Å². The molecule has 2 aliphatic heterocycles. The van der Waals surface area contributed by atoms with E-state index >= 15 is 0 Å².